The molecule has 6 heteroatoms. The standard InChI is InChI=1S/C21H23NO5/c1-3-13-26-18-11-9-16(14-19(18)25-2)10-12-21(24)27-15-20(23)22-17-7-5-4-6-8-17/h4-12,14H,3,13,15H2,1-2H3,(H,22,23)/b12-10+. The smallest absolute Gasteiger partial charge is 0.331 e. The molecule has 1 amide bonds. The van der Waals surface area contributed by atoms with Crippen LogP contribution < -0.4 is 14.8 Å². The number of ether oxygens (including phenoxy) is 3. The zero-order chi connectivity index (χ0) is 19.5. The molecule has 0 heterocycles. The molecule has 142 valence electrons. The summed E-state index contributed by atoms with van der Waals surface area (Å²) in [6.07, 6.45) is 3.75. The molecule has 0 fully saturated rings. The van der Waals surface area contributed by atoms with Crippen molar-refractivity contribution < 1.29 is 23.8 Å². The molecule has 0 atom stereocenters. The van der Waals surface area contributed by atoms with Gasteiger partial charge in [0, 0.05) is 11.8 Å². The molecule has 0 radical (unpaired) electrons. The molecule has 1 N–H and O–H groups in total. The third kappa shape index (κ3) is 6.86. The van der Waals surface area contributed by atoms with Crippen molar-refractivity contribution in [1.29, 1.82) is 0 Å². The van der Waals surface area contributed by atoms with Gasteiger partial charge in [-0.2, -0.15) is 0 Å². The van der Waals surface area contributed by atoms with Crippen molar-refractivity contribution >= 4 is 23.6 Å². The van der Waals surface area contributed by atoms with Gasteiger partial charge in [0.25, 0.3) is 5.91 Å². The number of hydrogen-bond donors (Lipinski definition) is 1. The first-order valence-corrected chi connectivity index (χ1v) is 8.63. The number of carbonyl (C=O) groups is 2. The number of hydrogen-bond acceptors (Lipinski definition) is 5. The number of carbonyl (C=O) groups excluding carboxylic acids is 2. The summed E-state index contributed by atoms with van der Waals surface area (Å²) in [5.74, 6) is 0.225. The fourth-order valence-electron chi connectivity index (χ4n) is 2.19. The summed E-state index contributed by atoms with van der Waals surface area (Å²) in [5.41, 5.74) is 1.40. The fourth-order valence-corrected chi connectivity index (χ4v) is 2.19. The Morgan fingerprint density at radius 1 is 1.07 bits per heavy atom. The van der Waals surface area contributed by atoms with E-state index >= 15 is 0 Å². The quantitative estimate of drug-likeness (QED) is 0.539. The van der Waals surface area contributed by atoms with Crippen LogP contribution in [0, 0.1) is 0 Å². The highest BCUT2D eigenvalue weighted by atomic mass is 16.5. The lowest BCUT2D eigenvalue weighted by Gasteiger charge is -2.10. The zero-order valence-electron chi connectivity index (χ0n) is 15.4. The lowest BCUT2D eigenvalue weighted by Crippen LogP contribution is -2.20. The molecule has 0 spiro atoms. The van der Waals surface area contributed by atoms with Gasteiger partial charge in [-0.3, -0.25) is 4.79 Å². The van der Waals surface area contributed by atoms with Crippen molar-refractivity contribution in [2.45, 2.75) is 13.3 Å². The lowest BCUT2D eigenvalue weighted by molar-refractivity contribution is -0.142. The predicted octanol–water partition coefficient (Wildman–Crippen LogP) is 3.68. The molecule has 0 saturated carbocycles. The van der Waals surface area contributed by atoms with Crippen molar-refractivity contribution in [3.63, 3.8) is 0 Å². The molecule has 2 aromatic carbocycles. The van der Waals surface area contributed by atoms with Gasteiger partial charge in [-0.05, 0) is 42.3 Å². The van der Waals surface area contributed by atoms with Crippen LogP contribution in [0.1, 0.15) is 18.9 Å². The number of methoxy groups -OCH3 is 1. The Morgan fingerprint density at radius 3 is 2.56 bits per heavy atom. The molecule has 0 aliphatic rings. The van der Waals surface area contributed by atoms with Gasteiger partial charge >= 0.3 is 5.97 Å². The van der Waals surface area contributed by atoms with Crippen LogP contribution in [0.2, 0.25) is 0 Å². The normalized spacial score (nSPS) is 10.4. The van der Waals surface area contributed by atoms with Crippen molar-refractivity contribution in [1.82, 2.24) is 0 Å². The minimum absolute atomic E-state index is 0.356. The SMILES string of the molecule is CCCOc1ccc(/C=C/C(=O)OCC(=O)Nc2ccccc2)cc1OC. The molecule has 6 nitrogen and oxygen atoms in total. The number of amides is 1. The van der Waals surface area contributed by atoms with Crippen LogP contribution in [0.4, 0.5) is 5.69 Å². The summed E-state index contributed by atoms with van der Waals surface area (Å²) in [5, 5.41) is 2.64. The number of para-hydroxylation sites is 1. The van der Waals surface area contributed by atoms with E-state index in [2.05, 4.69) is 5.32 Å². The first-order chi connectivity index (χ1) is 13.1. The first-order valence-electron chi connectivity index (χ1n) is 8.63. The second kappa shape index (κ2) is 10.7. The number of esters is 1. The highest BCUT2D eigenvalue weighted by molar-refractivity contribution is 5.94. The van der Waals surface area contributed by atoms with Crippen LogP contribution in [-0.2, 0) is 14.3 Å². The van der Waals surface area contributed by atoms with Gasteiger partial charge < -0.3 is 19.5 Å². The lowest BCUT2D eigenvalue weighted by atomic mass is 10.2. The molecule has 0 aromatic heterocycles. The van der Waals surface area contributed by atoms with Crippen LogP contribution >= 0.6 is 0 Å². The van der Waals surface area contributed by atoms with Crippen LogP contribution in [0.25, 0.3) is 6.08 Å². The highest BCUT2D eigenvalue weighted by Gasteiger charge is 2.07. The maximum Gasteiger partial charge on any atom is 0.331 e. The summed E-state index contributed by atoms with van der Waals surface area (Å²) in [6.45, 7) is 2.27. The topological polar surface area (TPSA) is 73.9 Å². The van der Waals surface area contributed by atoms with Gasteiger partial charge in [-0.1, -0.05) is 31.2 Å². The van der Waals surface area contributed by atoms with E-state index in [4.69, 9.17) is 14.2 Å². The average molecular weight is 369 g/mol. The Hall–Kier alpha value is -3.28. The van der Waals surface area contributed by atoms with E-state index in [-0.39, 0.29) is 6.61 Å². The van der Waals surface area contributed by atoms with E-state index in [0.717, 1.165) is 12.0 Å². The van der Waals surface area contributed by atoms with E-state index in [1.165, 1.54) is 6.08 Å². The van der Waals surface area contributed by atoms with Gasteiger partial charge in [0.1, 0.15) is 0 Å². The predicted molar refractivity (Wildman–Crippen MR) is 104 cm³/mol. The van der Waals surface area contributed by atoms with Crippen molar-refractivity contribution in [3.05, 3.63) is 60.2 Å². The molecule has 0 aliphatic heterocycles. The van der Waals surface area contributed by atoms with Gasteiger partial charge in [-0.25, -0.2) is 4.79 Å². The second-order valence-corrected chi connectivity index (χ2v) is 5.61. The Balaban J connectivity index is 1.85. The van der Waals surface area contributed by atoms with E-state index in [0.29, 0.717) is 23.8 Å². The Bertz CT molecular complexity index is 786. The molecular weight excluding hydrogens is 346 g/mol. The van der Waals surface area contributed by atoms with Gasteiger partial charge in [0.2, 0.25) is 0 Å². The van der Waals surface area contributed by atoms with Crippen LogP contribution in [0.5, 0.6) is 11.5 Å². The van der Waals surface area contributed by atoms with Crippen molar-refractivity contribution in [2.75, 3.05) is 25.6 Å². The summed E-state index contributed by atoms with van der Waals surface area (Å²) in [7, 11) is 1.56. The molecule has 0 unspecified atom stereocenters. The Labute approximate surface area is 158 Å². The summed E-state index contributed by atoms with van der Waals surface area (Å²) >= 11 is 0. The van der Waals surface area contributed by atoms with Crippen LogP contribution in [-0.4, -0.2) is 32.2 Å². The maximum atomic E-state index is 11.8. The van der Waals surface area contributed by atoms with Crippen LogP contribution in [0.3, 0.4) is 0 Å². The molecule has 0 saturated heterocycles. The summed E-state index contributed by atoms with van der Waals surface area (Å²) in [6, 6.07) is 14.3. The van der Waals surface area contributed by atoms with Crippen molar-refractivity contribution in [3.8, 4) is 11.5 Å². The molecule has 0 aliphatic carbocycles. The largest absolute Gasteiger partial charge is 0.493 e. The van der Waals surface area contributed by atoms with Gasteiger partial charge in [0.15, 0.2) is 18.1 Å². The average Bonchev–Trinajstić information content (AvgIpc) is 2.70. The van der Waals surface area contributed by atoms with E-state index in [1.807, 2.05) is 13.0 Å². The maximum absolute atomic E-state index is 11.8. The van der Waals surface area contributed by atoms with Crippen molar-refractivity contribution in [2.24, 2.45) is 0 Å². The third-order valence-electron chi connectivity index (χ3n) is 3.46. The number of rotatable bonds is 9. The minimum atomic E-state index is -0.608. The minimum Gasteiger partial charge on any atom is -0.493 e. The molecular formula is C21H23NO5. The molecule has 0 bridgehead atoms. The monoisotopic (exact) mass is 369 g/mol. The molecule has 27 heavy (non-hydrogen) atoms. The first kappa shape index (κ1) is 20.0. The summed E-state index contributed by atoms with van der Waals surface area (Å²) in [4.78, 5) is 23.5. The fraction of sp³-hybridized carbons (Fsp3) is 0.238. The van der Waals surface area contributed by atoms with Gasteiger partial charge in [-0.15, -0.1) is 0 Å². The Morgan fingerprint density at radius 2 is 1.85 bits per heavy atom. The molecule has 2 aromatic rings. The molecule has 2 rings (SSSR count). The highest BCUT2D eigenvalue weighted by Crippen LogP contribution is 2.28. The Kier molecular flexibility index (Phi) is 7.91. The number of benzene rings is 2. The third-order valence-corrected chi connectivity index (χ3v) is 3.46. The van der Waals surface area contributed by atoms with E-state index in [9.17, 15) is 9.59 Å². The van der Waals surface area contributed by atoms with Crippen LogP contribution in [0.15, 0.2) is 54.6 Å². The van der Waals surface area contributed by atoms with E-state index < -0.39 is 11.9 Å². The second-order valence-electron chi connectivity index (χ2n) is 5.61. The van der Waals surface area contributed by atoms with E-state index in [1.54, 1.807) is 55.7 Å². The number of nitrogens with one attached hydrogen (secondary N) is 1. The zero-order valence-corrected chi connectivity index (χ0v) is 15.4. The van der Waals surface area contributed by atoms with Gasteiger partial charge in [0.05, 0.1) is 13.7 Å². The number of anilines is 1. The summed E-state index contributed by atoms with van der Waals surface area (Å²) < 4.78 is 15.8.